The molecule has 1 aliphatic heterocycles. The minimum absolute atomic E-state index is 0.572. The van der Waals surface area contributed by atoms with E-state index in [9.17, 15) is 0 Å². The van der Waals surface area contributed by atoms with Gasteiger partial charge >= 0.3 is 0 Å². The molecule has 0 aromatic heterocycles. The Kier molecular flexibility index (Phi) is 3.16. The highest BCUT2D eigenvalue weighted by atomic mass is 15.2. The van der Waals surface area contributed by atoms with Crippen LogP contribution in [-0.4, -0.2) is 24.0 Å². The van der Waals surface area contributed by atoms with Crippen LogP contribution < -0.4 is 5.73 Å². The minimum Gasteiger partial charge on any atom is -0.330 e. The van der Waals surface area contributed by atoms with E-state index in [0.717, 1.165) is 12.6 Å². The highest BCUT2D eigenvalue weighted by Crippen LogP contribution is 2.44. The molecule has 3 rings (SSSR count). The average molecular weight is 244 g/mol. The van der Waals surface area contributed by atoms with Crippen molar-refractivity contribution in [2.45, 2.75) is 45.2 Å². The van der Waals surface area contributed by atoms with Crippen LogP contribution >= 0.6 is 0 Å². The molecule has 0 amide bonds. The van der Waals surface area contributed by atoms with E-state index in [1.807, 2.05) is 0 Å². The van der Waals surface area contributed by atoms with Crippen LogP contribution in [0.4, 0.5) is 0 Å². The Bertz CT molecular complexity index is 437. The van der Waals surface area contributed by atoms with Gasteiger partial charge in [0.05, 0.1) is 0 Å². The van der Waals surface area contributed by atoms with E-state index in [0.29, 0.717) is 12.0 Å². The first-order valence-electron chi connectivity index (χ1n) is 7.23. The zero-order valence-corrected chi connectivity index (χ0v) is 11.5. The Balaban J connectivity index is 1.97. The maximum atomic E-state index is 6.01. The molecule has 0 spiro atoms. The van der Waals surface area contributed by atoms with E-state index < -0.39 is 0 Å². The molecular weight excluding hydrogens is 220 g/mol. The molecule has 18 heavy (non-hydrogen) atoms. The fraction of sp³-hybridized carbons (Fsp3) is 0.625. The molecule has 1 aliphatic carbocycles. The summed E-state index contributed by atoms with van der Waals surface area (Å²) in [4.78, 5) is 2.72. The van der Waals surface area contributed by atoms with Gasteiger partial charge in [0.15, 0.2) is 0 Å². The topological polar surface area (TPSA) is 29.3 Å². The SMILES string of the molecule is Cc1ccc(C)c(C2C(CN)CCN2C2CC2)c1. The lowest BCUT2D eigenvalue weighted by molar-refractivity contribution is 0.219. The molecule has 2 nitrogen and oxygen atoms in total. The van der Waals surface area contributed by atoms with Crippen molar-refractivity contribution < 1.29 is 0 Å². The molecular formula is C16H24N2. The Morgan fingerprint density at radius 1 is 1.22 bits per heavy atom. The lowest BCUT2D eigenvalue weighted by Gasteiger charge is -2.29. The summed E-state index contributed by atoms with van der Waals surface area (Å²) in [5, 5.41) is 0. The largest absolute Gasteiger partial charge is 0.330 e. The molecule has 2 fully saturated rings. The molecule has 2 atom stereocenters. The number of rotatable bonds is 3. The molecule has 1 aromatic rings. The van der Waals surface area contributed by atoms with E-state index in [4.69, 9.17) is 5.73 Å². The van der Waals surface area contributed by atoms with Crippen molar-refractivity contribution in [1.29, 1.82) is 0 Å². The highest BCUT2D eigenvalue weighted by Gasteiger charge is 2.42. The van der Waals surface area contributed by atoms with Crippen molar-refractivity contribution in [3.8, 4) is 0 Å². The van der Waals surface area contributed by atoms with Crippen LogP contribution in [0.2, 0.25) is 0 Å². The molecule has 0 bridgehead atoms. The van der Waals surface area contributed by atoms with Crippen LogP contribution in [0.3, 0.4) is 0 Å². The Labute approximate surface area is 110 Å². The number of nitrogens with zero attached hydrogens (tertiary/aromatic N) is 1. The van der Waals surface area contributed by atoms with E-state index in [-0.39, 0.29) is 0 Å². The van der Waals surface area contributed by atoms with Gasteiger partial charge in [0.1, 0.15) is 0 Å². The van der Waals surface area contributed by atoms with E-state index in [1.165, 1.54) is 42.5 Å². The minimum atomic E-state index is 0.572. The summed E-state index contributed by atoms with van der Waals surface area (Å²) < 4.78 is 0. The second-order valence-corrected chi connectivity index (χ2v) is 6.06. The summed E-state index contributed by atoms with van der Waals surface area (Å²) in [7, 11) is 0. The number of aryl methyl sites for hydroxylation is 2. The quantitative estimate of drug-likeness (QED) is 0.886. The number of benzene rings is 1. The molecule has 2 aliphatic rings. The lowest BCUT2D eigenvalue weighted by Crippen LogP contribution is -2.30. The summed E-state index contributed by atoms with van der Waals surface area (Å²) >= 11 is 0. The van der Waals surface area contributed by atoms with E-state index in [1.54, 1.807) is 0 Å². The monoisotopic (exact) mass is 244 g/mol. The van der Waals surface area contributed by atoms with E-state index in [2.05, 4.69) is 36.9 Å². The van der Waals surface area contributed by atoms with Gasteiger partial charge < -0.3 is 5.73 Å². The van der Waals surface area contributed by atoms with Crippen molar-refractivity contribution >= 4 is 0 Å². The van der Waals surface area contributed by atoms with Crippen LogP contribution in [-0.2, 0) is 0 Å². The number of likely N-dealkylation sites (tertiary alicyclic amines) is 1. The van der Waals surface area contributed by atoms with Crippen molar-refractivity contribution in [2.24, 2.45) is 11.7 Å². The standard InChI is InChI=1S/C16H24N2/c1-11-3-4-12(2)15(9-11)16-13(10-17)7-8-18(16)14-5-6-14/h3-4,9,13-14,16H,5-8,10,17H2,1-2H3. The summed E-state index contributed by atoms with van der Waals surface area (Å²) in [5.41, 5.74) is 10.3. The summed E-state index contributed by atoms with van der Waals surface area (Å²) in [6.07, 6.45) is 4.04. The van der Waals surface area contributed by atoms with E-state index >= 15 is 0 Å². The molecule has 2 unspecified atom stereocenters. The van der Waals surface area contributed by atoms with Gasteiger partial charge in [-0.2, -0.15) is 0 Å². The summed E-state index contributed by atoms with van der Waals surface area (Å²) in [5.74, 6) is 0.645. The van der Waals surface area contributed by atoms with Gasteiger partial charge in [-0.15, -0.1) is 0 Å². The first kappa shape index (κ1) is 12.2. The normalized spacial score (nSPS) is 28.8. The average Bonchev–Trinajstić information content (AvgIpc) is 3.12. The maximum absolute atomic E-state index is 6.01. The zero-order chi connectivity index (χ0) is 12.7. The number of nitrogens with two attached hydrogens (primary N) is 1. The van der Waals surface area contributed by atoms with Crippen LogP contribution in [0, 0.1) is 19.8 Å². The van der Waals surface area contributed by atoms with Crippen molar-refractivity contribution in [1.82, 2.24) is 4.90 Å². The van der Waals surface area contributed by atoms with Crippen molar-refractivity contribution in [3.63, 3.8) is 0 Å². The van der Waals surface area contributed by atoms with Crippen molar-refractivity contribution in [2.75, 3.05) is 13.1 Å². The number of hydrogen-bond donors (Lipinski definition) is 1. The third-order valence-electron chi connectivity index (χ3n) is 4.63. The van der Waals surface area contributed by atoms with Gasteiger partial charge in [0.2, 0.25) is 0 Å². The first-order chi connectivity index (χ1) is 8.70. The van der Waals surface area contributed by atoms with Gasteiger partial charge in [-0.3, -0.25) is 4.90 Å². The van der Waals surface area contributed by atoms with Crippen LogP contribution in [0.15, 0.2) is 18.2 Å². The Morgan fingerprint density at radius 3 is 2.67 bits per heavy atom. The zero-order valence-electron chi connectivity index (χ0n) is 11.5. The second-order valence-electron chi connectivity index (χ2n) is 6.06. The van der Waals surface area contributed by atoms with Gasteiger partial charge in [-0.25, -0.2) is 0 Å². The second kappa shape index (κ2) is 4.67. The fourth-order valence-corrected chi connectivity index (χ4v) is 3.46. The molecule has 1 heterocycles. The summed E-state index contributed by atoms with van der Waals surface area (Å²) in [6, 6.07) is 8.27. The van der Waals surface area contributed by atoms with Crippen LogP contribution in [0.1, 0.15) is 42.0 Å². The maximum Gasteiger partial charge on any atom is 0.0394 e. The molecule has 1 saturated heterocycles. The summed E-state index contributed by atoms with van der Waals surface area (Å²) in [6.45, 7) is 6.49. The third-order valence-corrected chi connectivity index (χ3v) is 4.63. The number of hydrogen-bond acceptors (Lipinski definition) is 2. The predicted molar refractivity (Wildman–Crippen MR) is 75.5 cm³/mol. The first-order valence-corrected chi connectivity index (χ1v) is 7.23. The lowest BCUT2D eigenvalue weighted by atomic mass is 9.90. The molecule has 1 aromatic carbocycles. The smallest absolute Gasteiger partial charge is 0.0394 e. The third kappa shape index (κ3) is 2.08. The van der Waals surface area contributed by atoms with Gasteiger partial charge in [-0.1, -0.05) is 23.8 Å². The fourth-order valence-electron chi connectivity index (χ4n) is 3.46. The predicted octanol–water partition coefficient (Wildman–Crippen LogP) is 2.79. The van der Waals surface area contributed by atoms with Crippen molar-refractivity contribution in [3.05, 3.63) is 34.9 Å². The molecule has 1 saturated carbocycles. The Morgan fingerprint density at radius 2 is 2.00 bits per heavy atom. The van der Waals surface area contributed by atoms with Gasteiger partial charge in [-0.05, 0) is 63.2 Å². The molecule has 98 valence electrons. The molecule has 0 radical (unpaired) electrons. The van der Waals surface area contributed by atoms with Gasteiger partial charge in [0, 0.05) is 12.1 Å². The molecule has 2 N–H and O–H groups in total. The van der Waals surface area contributed by atoms with Crippen LogP contribution in [0.5, 0.6) is 0 Å². The molecule has 2 heteroatoms. The highest BCUT2D eigenvalue weighted by molar-refractivity contribution is 5.34. The Hall–Kier alpha value is -0.860. The van der Waals surface area contributed by atoms with Crippen LogP contribution in [0.25, 0.3) is 0 Å². The van der Waals surface area contributed by atoms with Gasteiger partial charge in [0.25, 0.3) is 0 Å².